The second kappa shape index (κ2) is 12.6. The van der Waals surface area contributed by atoms with Crippen molar-refractivity contribution in [3.8, 4) is 16.9 Å². The largest absolute Gasteiger partial charge is 0.494 e. The summed E-state index contributed by atoms with van der Waals surface area (Å²) in [5.74, 6) is 0.813. The van der Waals surface area contributed by atoms with E-state index in [2.05, 4.69) is 67.3 Å². The van der Waals surface area contributed by atoms with Crippen molar-refractivity contribution in [2.75, 3.05) is 18.1 Å². The van der Waals surface area contributed by atoms with E-state index in [1.165, 1.54) is 0 Å². The molecule has 4 heterocycles. The van der Waals surface area contributed by atoms with Gasteiger partial charge in [0.15, 0.2) is 0 Å². The molecule has 0 radical (unpaired) electrons. The zero-order valence-corrected chi connectivity index (χ0v) is 31.1. The smallest absolute Gasteiger partial charge is 0.275 e. The molecule has 9 heteroatoms. The Hall–Kier alpha value is -4.20. The lowest BCUT2D eigenvalue weighted by Crippen LogP contribution is -2.43. The van der Waals surface area contributed by atoms with E-state index in [1.54, 1.807) is 0 Å². The predicted octanol–water partition coefficient (Wildman–Crippen LogP) is 10.1. The Morgan fingerprint density at radius 1 is 0.939 bits per heavy atom. The van der Waals surface area contributed by atoms with Crippen molar-refractivity contribution in [2.24, 2.45) is 7.05 Å². The Kier molecular flexibility index (Phi) is 8.56. The monoisotopic (exact) mass is 695 g/mol. The van der Waals surface area contributed by atoms with Gasteiger partial charge in [0.2, 0.25) is 0 Å². The number of amides is 1. The van der Waals surface area contributed by atoms with Crippen LogP contribution in [0.4, 0.5) is 5.69 Å². The van der Waals surface area contributed by atoms with E-state index in [-0.39, 0.29) is 11.9 Å². The number of hydrogen-bond acceptors (Lipinski definition) is 3. The number of rotatable bonds is 8. The van der Waals surface area contributed by atoms with Crippen LogP contribution in [0.3, 0.4) is 0 Å². The first-order chi connectivity index (χ1) is 23.4. The zero-order chi connectivity index (χ0) is 34.9. The molecule has 0 N–H and O–H groups in total. The lowest BCUT2D eigenvalue weighted by atomic mass is 9.98. The Bertz CT molecular complexity index is 2270. The van der Waals surface area contributed by atoms with Crippen molar-refractivity contribution in [2.45, 2.75) is 73.9 Å². The first-order valence-electron chi connectivity index (χ1n) is 17.1. The summed E-state index contributed by atoms with van der Waals surface area (Å²) >= 11 is 13.5. The van der Waals surface area contributed by atoms with Gasteiger partial charge in [-0.1, -0.05) is 41.4 Å². The lowest BCUT2D eigenvalue weighted by Gasteiger charge is -2.35. The van der Waals surface area contributed by atoms with E-state index in [9.17, 15) is 0 Å². The molecule has 0 fully saturated rings. The molecule has 7 nitrogen and oxygen atoms in total. The summed E-state index contributed by atoms with van der Waals surface area (Å²) < 4.78 is 12.7. The maximum absolute atomic E-state index is 15.1. The van der Waals surface area contributed by atoms with Gasteiger partial charge in [0.25, 0.3) is 5.91 Å². The van der Waals surface area contributed by atoms with E-state index in [4.69, 9.17) is 33.0 Å². The van der Waals surface area contributed by atoms with E-state index in [0.29, 0.717) is 24.6 Å². The summed E-state index contributed by atoms with van der Waals surface area (Å²) in [5, 5.41) is 8.34. The topological polar surface area (TPSA) is 57.2 Å². The molecule has 3 aromatic carbocycles. The van der Waals surface area contributed by atoms with Gasteiger partial charge in [0, 0.05) is 65.0 Å². The fourth-order valence-corrected chi connectivity index (χ4v) is 8.26. The number of ether oxygens (including phenoxy) is 1. The minimum Gasteiger partial charge on any atom is -0.494 e. The summed E-state index contributed by atoms with van der Waals surface area (Å²) in [6, 6.07) is 14.4. The van der Waals surface area contributed by atoms with Crippen LogP contribution in [0.5, 0.6) is 5.75 Å². The van der Waals surface area contributed by atoms with Crippen LogP contribution >= 0.6 is 23.2 Å². The highest BCUT2D eigenvalue weighted by Crippen LogP contribution is 2.46. The van der Waals surface area contributed by atoms with Gasteiger partial charge in [-0.2, -0.15) is 5.10 Å². The highest BCUT2D eigenvalue weighted by Gasteiger charge is 2.38. The molecule has 7 rings (SSSR count). The summed E-state index contributed by atoms with van der Waals surface area (Å²) in [6.45, 7) is 16.4. The third-order valence-electron chi connectivity index (χ3n) is 10.3. The van der Waals surface area contributed by atoms with Crippen molar-refractivity contribution < 1.29 is 9.53 Å². The number of carbonyl (C=O) groups excluding carboxylic acids is 1. The number of halogens is 2. The lowest BCUT2D eigenvalue weighted by molar-refractivity contribution is 0.0957. The molecular weight excluding hydrogens is 653 g/mol. The van der Waals surface area contributed by atoms with Gasteiger partial charge in [-0.15, -0.1) is 0 Å². The number of aryl methyl sites for hydroxylation is 7. The second-order valence-electron chi connectivity index (χ2n) is 13.5. The Morgan fingerprint density at radius 3 is 2.35 bits per heavy atom. The molecule has 254 valence electrons. The third kappa shape index (κ3) is 5.33. The van der Waals surface area contributed by atoms with Crippen LogP contribution in [0.1, 0.15) is 70.4 Å². The molecule has 0 unspecified atom stereocenters. The Balaban J connectivity index is 1.39. The summed E-state index contributed by atoms with van der Waals surface area (Å²) in [7, 11) is 1.96. The molecule has 0 aliphatic carbocycles. The van der Waals surface area contributed by atoms with Crippen molar-refractivity contribution in [3.63, 3.8) is 0 Å². The maximum Gasteiger partial charge on any atom is 0.275 e. The molecule has 3 aromatic heterocycles. The van der Waals surface area contributed by atoms with Crippen molar-refractivity contribution in [1.29, 1.82) is 0 Å². The summed E-state index contributed by atoms with van der Waals surface area (Å²) in [6.07, 6.45) is 3.51. The zero-order valence-electron chi connectivity index (χ0n) is 29.5. The molecule has 0 saturated carbocycles. The van der Waals surface area contributed by atoms with Gasteiger partial charge in [0.05, 0.1) is 34.0 Å². The standard InChI is InChI=1S/C40H43Cl2N5O2/c1-9-45-17-16-28-13-12-22(2)36(37(28)45)46-21-25(5)47-38-31(14-15-32(41)34(38)33-26(6)43-44(8)27(33)7)30(39(47)40(46)48)11-10-18-49-29-19-23(3)35(42)24(4)20-29/h12-17,19-20,25H,9-11,18,21H2,1-8H3/t25-/m1/s1. The number of anilines is 1. The Morgan fingerprint density at radius 2 is 1.67 bits per heavy atom. The number of fused-ring (bicyclic) bond motifs is 4. The van der Waals surface area contributed by atoms with E-state index in [0.717, 1.165) is 102 Å². The van der Waals surface area contributed by atoms with Crippen molar-refractivity contribution >= 4 is 56.6 Å². The van der Waals surface area contributed by atoms with Crippen molar-refractivity contribution in [1.82, 2.24) is 18.9 Å². The second-order valence-corrected chi connectivity index (χ2v) is 14.3. The molecule has 6 aromatic rings. The van der Waals surface area contributed by atoms with Crippen LogP contribution < -0.4 is 9.64 Å². The number of aromatic nitrogens is 4. The predicted molar refractivity (Wildman–Crippen MR) is 202 cm³/mol. The van der Waals surface area contributed by atoms with Crippen LogP contribution in [0.2, 0.25) is 10.0 Å². The first kappa shape index (κ1) is 33.3. The minimum atomic E-state index is -0.0191. The molecule has 1 aliphatic rings. The highest BCUT2D eigenvalue weighted by molar-refractivity contribution is 6.35. The number of hydrogen-bond donors (Lipinski definition) is 0. The SMILES string of the molecule is CCn1ccc2ccc(C)c(N3C[C@@H](C)n4c(c(CCCOc5cc(C)c(Cl)c(C)c5)c5ccc(Cl)c(-c6c(C)nn(C)c6C)c54)C3=O)c21. The summed E-state index contributed by atoms with van der Waals surface area (Å²) in [5.41, 5.74) is 11.8. The van der Waals surface area contributed by atoms with Gasteiger partial charge >= 0.3 is 0 Å². The molecular formula is C40H43Cl2N5O2. The fraction of sp³-hybridized carbons (Fsp3) is 0.350. The van der Waals surface area contributed by atoms with Crippen LogP contribution in [0.15, 0.2) is 48.7 Å². The molecule has 0 spiro atoms. The number of carbonyl (C=O) groups is 1. The van der Waals surface area contributed by atoms with Gasteiger partial charge < -0.3 is 18.8 Å². The third-order valence-corrected chi connectivity index (χ3v) is 11.2. The van der Waals surface area contributed by atoms with Gasteiger partial charge in [-0.25, -0.2) is 0 Å². The van der Waals surface area contributed by atoms with Gasteiger partial charge in [-0.05, 0) is 108 Å². The first-order valence-corrected chi connectivity index (χ1v) is 17.8. The quantitative estimate of drug-likeness (QED) is 0.149. The molecule has 1 aliphatic heterocycles. The van der Waals surface area contributed by atoms with Crippen LogP contribution in [-0.2, 0) is 20.0 Å². The van der Waals surface area contributed by atoms with E-state index < -0.39 is 0 Å². The fourth-order valence-electron chi connectivity index (χ4n) is 7.90. The number of nitrogens with zero attached hydrogens (tertiary/aromatic N) is 5. The molecule has 0 saturated heterocycles. The van der Waals surface area contributed by atoms with Crippen molar-refractivity contribution in [3.05, 3.63) is 98.0 Å². The summed E-state index contributed by atoms with van der Waals surface area (Å²) in [4.78, 5) is 17.1. The average molecular weight is 697 g/mol. The van der Waals surface area contributed by atoms with Gasteiger partial charge in [0.1, 0.15) is 11.4 Å². The normalized spacial score (nSPS) is 14.8. The van der Waals surface area contributed by atoms with E-state index in [1.807, 2.05) is 55.6 Å². The van der Waals surface area contributed by atoms with Crippen LogP contribution in [0, 0.1) is 34.6 Å². The van der Waals surface area contributed by atoms with Crippen LogP contribution in [0.25, 0.3) is 32.9 Å². The molecule has 1 amide bonds. The average Bonchev–Trinajstić information content (AvgIpc) is 3.71. The number of benzene rings is 3. The Labute approximate surface area is 298 Å². The maximum atomic E-state index is 15.1. The van der Waals surface area contributed by atoms with Crippen LogP contribution in [-0.4, -0.2) is 38.0 Å². The van der Waals surface area contributed by atoms with Gasteiger partial charge in [-0.3, -0.25) is 9.48 Å². The van der Waals surface area contributed by atoms with E-state index >= 15 is 4.79 Å². The minimum absolute atomic E-state index is 0.00956. The molecule has 0 bridgehead atoms. The highest BCUT2D eigenvalue weighted by atomic mass is 35.5. The molecule has 1 atom stereocenters. The molecule has 49 heavy (non-hydrogen) atoms.